The third-order valence-electron chi connectivity index (χ3n) is 2.72. The van der Waals surface area contributed by atoms with E-state index in [-0.39, 0.29) is 5.78 Å². The van der Waals surface area contributed by atoms with E-state index in [0.717, 1.165) is 22.0 Å². The smallest absolute Gasteiger partial charge is 0.163 e. The van der Waals surface area contributed by atoms with Crippen LogP contribution in [0.2, 0.25) is 0 Å². The third-order valence-corrected chi connectivity index (χ3v) is 3.58. The van der Waals surface area contributed by atoms with Gasteiger partial charge in [-0.15, -0.1) is 0 Å². The number of carbonyl (C=O) groups excluding carboxylic acids is 1. The Bertz CT molecular complexity index is 358. The molecule has 0 radical (unpaired) electrons. The predicted molar refractivity (Wildman–Crippen MR) is 67.3 cm³/mol. The number of hydrogen-bond donors (Lipinski definition) is 0. The molecule has 0 aromatic heterocycles. The molecule has 0 N–H and O–H groups in total. The molecule has 0 aliphatic heterocycles. The van der Waals surface area contributed by atoms with Crippen LogP contribution in [0.25, 0.3) is 0 Å². The largest absolute Gasteiger partial charge is 0.294 e. The molecular formula is C13H17BrO. The van der Waals surface area contributed by atoms with E-state index in [9.17, 15) is 4.79 Å². The van der Waals surface area contributed by atoms with Crippen molar-refractivity contribution < 1.29 is 4.79 Å². The fraction of sp³-hybridized carbons (Fsp3) is 0.462. The molecule has 2 heteroatoms. The quantitative estimate of drug-likeness (QED) is 0.741. The summed E-state index contributed by atoms with van der Waals surface area (Å²) in [6.45, 7) is 6.25. The average Bonchev–Trinajstić information content (AvgIpc) is 2.21. The fourth-order valence-corrected chi connectivity index (χ4v) is 1.72. The van der Waals surface area contributed by atoms with Crippen molar-refractivity contribution in [3.8, 4) is 0 Å². The molecule has 1 unspecified atom stereocenters. The summed E-state index contributed by atoms with van der Waals surface area (Å²) < 4.78 is 1.01. The SMILES string of the molecule is CCC(C)CC(=O)c1ccc(C)c(Br)c1. The maximum Gasteiger partial charge on any atom is 0.163 e. The number of halogens is 1. The van der Waals surface area contributed by atoms with Gasteiger partial charge < -0.3 is 0 Å². The van der Waals surface area contributed by atoms with Crippen LogP contribution in [0.4, 0.5) is 0 Å². The highest BCUT2D eigenvalue weighted by atomic mass is 79.9. The summed E-state index contributed by atoms with van der Waals surface area (Å²) in [4.78, 5) is 11.9. The molecule has 15 heavy (non-hydrogen) atoms. The summed E-state index contributed by atoms with van der Waals surface area (Å²) in [5.74, 6) is 0.711. The summed E-state index contributed by atoms with van der Waals surface area (Å²) in [5, 5.41) is 0. The minimum Gasteiger partial charge on any atom is -0.294 e. The number of carbonyl (C=O) groups is 1. The highest BCUT2D eigenvalue weighted by Gasteiger charge is 2.10. The number of ketones is 1. The minimum atomic E-state index is 0.241. The first-order chi connectivity index (χ1) is 7.04. The Balaban J connectivity index is 2.78. The molecule has 82 valence electrons. The fourth-order valence-electron chi connectivity index (χ4n) is 1.34. The van der Waals surface area contributed by atoms with Gasteiger partial charge in [-0.3, -0.25) is 4.79 Å². The molecule has 0 saturated carbocycles. The highest BCUT2D eigenvalue weighted by Crippen LogP contribution is 2.20. The van der Waals surface area contributed by atoms with Crippen molar-refractivity contribution in [3.63, 3.8) is 0 Å². The summed E-state index contributed by atoms with van der Waals surface area (Å²) in [6, 6.07) is 5.80. The molecule has 0 aliphatic carbocycles. The van der Waals surface area contributed by atoms with Gasteiger partial charge in [-0.1, -0.05) is 48.3 Å². The van der Waals surface area contributed by atoms with Gasteiger partial charge in [-0.2, -0.15) is 0 Å². The zero-order valence-corrected chi connectivity index (χ0v) is 11.1. The summed E-state index contributed by atoms with van der Waals surface area (Å²) in [7, 11) is 0. The first-order valence-electron chi connectivity index (χ1n) is 5.34. The maximum atomic E-state index is 11.9. The molecule has 0 fully saturated rings. The second kappa shape index (κ2) is 5.45. The van der Waals surface area contributed by atoms with Crippen LogP contribution in [0.15, 0.2) is 22.7 Å². The van der Waals surface area contributed by atoms with Crippen molar-refractivity contribution >= 4 is 21.7 Å². The van der Waals surface area contributed by atoms with Crippen LogP contribution in [0.1, 0.15) is 42.6 Å². The van der Waals surface area contributed by atoms with Crippen LogP contribution in [-0.4, -0.2) is 5.78 Å². The molecule has 0 saturated heterocycles. The van der Waals surface area contributed by atoms with Crippen LogP contribution in [0.3, 0.4) is 0 Å². The van der Waals surface area contributed by atoms with Gasteiger partial charge in [0.05, 0.1) is 0 Å². The van der Waals surface area contributed by atoms with E-state index in [4.69, 9.17) is 0 Å². The molecule has 0 bridgehead atoms. The van der Waals surface area contributed by atoms with Crippen molar-refractivity contribution in [1.29, 1.82) is 0 Å². The Morgan fingerprint density at radius 2 is 2.13 bits per heavy atom. The molecule has 0 spiro atoms. The summed E-state index contributed by atoms with van der Waals surface area (Å²) in [5.41, 5.74) is 1.97. The van der Waals surface area contributed by atoms with E-state index < -0.39 is 0 Å². The number of aryl methyl sites for hydroxylation is 1. The van der Waals surface area contributed by atoms with Gasteiger partial charge in [0, 0.05) is 16.5 Å². The van der Waals surface area contributed by atoms with Crippen LogP contribution in [-0.2, 0) is 0 Å². The molecule has 1 atom stereocenters. The number of Topliss-reactive ketones (excluding diaryl/α,β-unsaturated/α-hetero) is 1. The summed E-state index contributed by atoms with van der Waals surface area (Å²) >= 11 is 3.45. The van der Waals surface area contributed by atoms with Gasteiger partial charge in [0.25, 0.3) is 0 Å². The zero-order chi connectivity index (χ0) is 11.4. The van der Waals surface area contributed by atoms with Crippen molar-refractivity contribution in [2.45, 2.75) is 33.6 Å². The normalized spacial score (nSPS) is 12.5. The second-order valence-electron chi connectivity index (χ2n) is 4.10. The highest BCUT2D eigenvalue weighted by molar-refractivity contribution is 9.10. The van der Waals surface area contributed by atoms with Gasteiger partial charge in [0.15, 0.2) is 5.78 Å². The van der Waals surface area contributed by atoms with Gasteiger partial charge in [0.2, 0.25) is 0 Å². The molecule has 0 heterocycles. The Morgan fingerprint density at radius 1 is 1.47 bits per heavy atom. The topological polar surface area (TPSA) is 17.1 Å². The van der Waals surface area contributed by atoms with Crippen LogP contribution in [0, 0.1) is 12.8 Å². The molecule has 0 aliphatic rings. The first-order valence-corrected chi connectivity index (χ1v) is 6.13. The van der Waals surface area contributed by atoms with Crippen molar-refractivity contribution in [2.75, 3.05) is 0 Å². The van der Waals surface area contributed by atoms with E-state index in [2.05, 4.69) is 29.8 Å². The predicted octanol–water partition coefficient (Wildman–Crippen LogP) is 4.38. The summed E-state index contributed by atoms with van der Waals surface area (Å²) in [6.07, 6.45) is 1.70. The van der Waals surface area contributed by atoms with Crippen molar-refractivity contribution in [3.05, 3.63) is 33.8 Å². The Kier molecular flexibility index (Phi) is 4.52. The number of rotatable bonds is 4. The Hall–Kier alpha value is -0.630. The third kappa shape index (κ3) is 3.45. The van der Waals surface area contributed by atoms with Gasteiger partial charge in [0.1, 0.15) is 0 Å². The van der Waals surface area contributed by atoms with Gasteiger partial charge in [-0.05, 0) is 24.5 Å². The number of hydrogen-bond acceptors (Lipinski definition) is 1. The van der Waals surface area contributed by atoms with Crippen molar-refractivity contribution in [2.24, 2.45) is 5.92 Å². The van der Waals surface area contributed by atoms with E-state index >= 15 is 0 Å². The van der Waals surface area contributed by atoms with Crippen LogP contribution in [0.5, 0.6) is 0 Å². The maximum absolute atomic E-state index is 11.9. The molecule has 1 aromatic carbocycles. The average molecular weight is 269 g/mol. The second-order valence-corrected chi connectivity index (χ2v) is 4.96. The van der Waals surface area contributed by atoms with E-state index in [0.29, 0.717) is 12.3 Å². The van der Waals surface area contributed by atoms with E-state index in [1.54, 1.807) is 0 Å². The molecule has 1 rings (SSSR count). The Morgan fingerprint density at radius 3 is 2.67 bits per heavy atom. The minimum absolute atomic E-state index is 0.241. The Labute approximate surface area is 100 Å². The lowest BCUT2D eigenvalue weighted by molar-refractivity contribution is 0.0963. The molecule has 1 aromatic rings. The lowest BCUT2D eigenvalue weighted by atomic mass is 9.97. The first kappa shape index (κ1) is 12.4. The molecule has 1 nitrogen and oxygen atoms in total. The van der Waals surface area contributed by atoms with Crippen molar-refractivity contribution in [1.82, 2.24) is 0 Å². The lowest BCUT2D eigenvalue weighted by Crippen LogP contribution is -2.05. The standard InChI is InChI=1S/C13H17BrO/c1-4-9(2)7-13(15)11-6-5-10(3)12(14)8-11/h5-6,8-9H,4,7H2,1-3H3. The molecular weight excluding hydrogens is 252 g/mol. The van der Waals surface area contributed by atoms with E-state index in [1.165, 1.54) is 0 Å². The number of benzene rings is 1. The molecule has 0 amide bonds. The van der Waals surface area contributed by atoms with Gasteiger partial charge >= 0.3 is 0 Å². The van der Waals surface area contributed by atoms with Crippen LogP contribution < -0.4 is 0 Å². The van der Waals surface area contributed by atoms with Gasteiger partial charge in [-0.25, -0.2) is 0 Å². The lowest BCUT2D eigenvalue weighted by Gasteiger charge is -2.08. The monoisotopic (exact) mass is 268 g/mol. The zero-order valence-electron chi connectivity index (χ0n) is 9.51. The van der Waals surface area contributed by atoms with Crippen LogP contribution >= 0.6 is 15.9 Å². The van der Waals surface area contributed by atoms with E-state index in [1.807, 2.05) is 25.1 Å².